The molecular weight excluding hydrogens is 164 g/mol. The summed E-state index contributed by atoms with van der Waals surface area (Å²) in [6.07, 6.45) is 1.18. The molecule has 0 atom stereocenters. The standard InChI is InChI=1S/C9H14S.C2H6/c1-4-8-5-6-9(10-8)7(2)3;1-2/h5-7H,4H2,1-3H3;1-2H3. The molecule has 1 heterocycles. The quantitative estimate of drug-likeness (QED) is 0.636. The van der Waals surface area contributed by atoms with Crippen molar-refractivity contribution in [2.24, 2.45) is 0 Å². The summed E-state index contributed by atoms with van der Waals surface area (Å²) in [5.41, 5.74) is 0. The maximum absolute atomic E-state index is 2.24. The van der Waals surface area contributed by atoms with Crippen molar-refractivity contribution in [2.75, 3.05) is 0 Å². The van der Waals surface area contributed by atoms with Crippen LogP contribution in [0.25, 0.3) is 0 Å². The van der Waals surface area contributed by atoms with Crippen molar-refractivity contribution in [1.29, 1.82) is 0 Å². The molecule has 70 valence electrons. The molecule has 0 bridgehead atoms. The van der Waals surface area contributed by atoms with Gasteiger partial charge < -0.3 is 0 Å². The molecular formula is C11H20S. The van der Waals surface area contributed by atoms with Crippen LogP contribution >= 0.6 is 11.3 Å². The van der Waals surface area contributed by atoms with Crippen LogP contribution in [0.4, 0.5) is 0 Å². The van der Waals surface area contributed by atoms with E-state index in [9.17, 15) is 0 Å². The second-order valence-corrected chi connectivity index (χ2v) is 4.01. The van der Waals surface area contributed by atoms with Crippen LogP contribution in [0, 0.1) is 0 Å². The molecule has 0 radical (unpaired) electrons. The highest BCUT2D eigenvalue weighted by molar-refractivity contribution is 7.12. The highest BCUT2D eigenvalue weighted by atomic mass is 32.1. The normalized spacial score (nSPS) is 9.50. The largest absolute Gasteiger partial charge is 0.145 e. The molecule has 1 aromatic rings. The van der Waals surface area contributed by atoms with Gasteiger partial charge in [0, 0.05) is 9.75 Å². The summed E-state index contributed by atoms with van der Waals surface area (Å²) in [5, 5.41) is 0. The minimum Gasteiger partial charge on any atom is -0.145 e. The summed E-state index contributed by atoms with van der Waals surface area (Å²) in [6, 6.07) is 4.48. The van der Waals surface area contributed by atoms with Crippen molar-refractivity contribution < 1.29 is 0 Å². The monoisotopic (exact) mass is 184 g/mol. The Kier molecular flexibility index (Phi) is 6.09. The molecule has 1 aromatic heterocycles. The molecule has 0 saturated carbocycles. The molecule has 0 aliphatic rings. The van der Waals surface area contributed by atoms with E-state index in [1.807, 2.05) is 25.2 Å². The highest BCUT2D eigenvalue weighted by Crippen LogP contribution is 2.24. The zero-order chi connectivity index (χ0) is 9.56. The Labute approximate surface area is 80.6 Å². The molecule has 0 aliphatic heterocycles. The molecule has 0 spiro atoms. The molecule has 0 saturated heterocycles. The third-order valence-electron chi connectivity index (χ3n) is 1.60. The second kappa shape index (κ2) is 6.24. The number of rotatable bonds is 2. The van der Waals surface area contributed by atoms with Crippen LogP contribution in [-0.2, 0) is 6.42 Å². The van der Waals surface area contributed by atoms with Gasteiger partial charge in [-0.3, -0.25) is 0 Å². The highest BCUT2D eigenvalue weighted by Gasteiger charge is 2.01. The van der Waals surface area contributed by atoms with Gasteiger partial charge in [-0.2, -0.15) is 0 Å². The predicted octanol–water partition coefficient (Wildman–Crippen LogP) is 4.46. The Morgan fingerprint density at radius 1 is 1.25 bits per heavy atom. The zero-order valence-corrected chi connectivity index (χ0v) is 9.66. The predicted molar refractivity (Wildman–Crippen MR) is 59.1 cm³/mol. The number of hydrogen-bond donors (Lipinski definition) is 0. The van der Waals surface area contributed by atoms with Gasteiger partial charge in [-0.25, -0.2) is 0 Å². The van der Waals surface area contributed by atoms with E-state index in [1.165, 1.54) is 16.2 Å². The Bertz CT molecular complexity index is 199. The van der Waals surface area contributed by atoms with Crippen LogP contribution in [0.1, 0.15) is 50.3 Å². The molecule has 0 unspecified atom stereocenters. The van der Waals surface area contributed by atoms with Gasteiger partial charge >= 0.3 is 0 Å². The van der Waals surface area contributed by atoms with Gasteiger partial charge in [0.25, 0.3) is 0 Å². The van der Waals surface area contributed by atoms with Gasteiger partial charge in [-0.05, 0) is 24.5 Å². The molecule has 0 nitrogen and oxygen atoms in total. The SMILES string of the molecule is CC.CCc1ccc(C(C)C)s1. The van der Waals surface area contributed by atoms with Crippen molar-refractivity contribution in [3.63, 3.8) is 0 Å². The van der Waals surface area contributed by atoms with E-state index >= 15 is 0 Å². The van der Waals surface area contributed by atoms with Crippen LogP contribution in [0.5, 0.6) is 0 Å². The number of aryl methyl sites for hydroxylation is 1. The molecule has 0 fully saturated rings. The van der Waals surface area contributed by atoms with Crippen molar-refractivity contribution >= 4 is 11.3 Å². The molecule has 0 amide bonds. The first-order valence-electron chi connectivity index (χ1n) is 4.82. The fraction of sp³-hybridized carbons (Fsp3) is 0.636. The van der Waals surface area contributed by atoms with E-state index in [4.69, 9.17) is 0 Å². The Hall–Kier alpha value is -0.300. The topological polar surface area (TPSA) is 0 Å². The van der Waals surface area contributed by atoms with Gasteiger partial charge in [0.15, 0.2) is 0 Å². The van der Waals surface area contributed by atoms with E-state index in [0.717, 1.165) is 0 Å². The summed E-state index contributed by atoms with van der Waals surface area (Å²) in [7, 11) is 0. The van der Waals surface area contributed by atoms with E-state index in [2.05, 4.69) is 32.9 Å². The Balaban J connectivity index is 0.000000561. The average molecular weight is 184 g/mol. The molecule has 12 heavy (non-hydrogen) atoms. The van der Waals surface area contributed by atoms with Gasteiger partial charge in [-0.15, -0.1) is 11.3 Å². The van der Waals surface area contributed by atoms with E-state index in [1.54, 1.807) is 0 Å². The smallest absolute Gasteiger partial charge is 0.00736 e. The lowest BCUT2D eigenvalue weighted by Gasteiger charge is -1.96. The Morgan fingerprint density at radius 2 is 1.83 bits per heavy atom. The fourth-order valence-electron chi connectivity index (χ4n) is 0.895. The van der Waals surface area contributed by atoms with Crippen molar-refractivity contribution in [1.82, 2.24) is 0 Å². The molecule has 0 aromatic carbocycles. The zero-order valence-electron chi connectivity index (χ0n) is 8.85. The van der Waals surface area contributed by atoms with Crippen LogP contribution < -0.4 is 0 Å². The second-order valence-electron chi connectivity index (χ2n) is 2.81. The third kappa shape index (κ3) is 3.40. The van der Waals surface area contributed by atoms with Crippen LogP contribution in [0.2, 0.25) is 0 Å². The minimum atomic E-state index is 0.699. The molecule has 0 aliphatic carbocycles. The maximum Gasteiger partial charge on any atom is 0.00736 e. The van der Waals surface area contributed by atoms with Crippen molar-refractivity contribution in [3.8, 4) is 0 Å². The van der Waals surface area contributed by atoms with E-state index in [-0.39, 0.29) is 0 Å². The van der Waals surface area contributed by atoms with E-state index in [0.29, 0.717) is 5.92 Å². The first-order chi connectivity index (χ1) is 5.74. The first kappa shape index (κ1) is 11.7. The Morgan fingerprint density at radius 3 is 2.08 bits per heavy atom. The average Bonchev–Trinajstić information content (AvgIpc) is 2.55. The number of thiophene rings is 1. The third-order valence-corrected chi connectivity index (χ3v) is 3.13. The summed E-state index contributed by atoms with van der Waals surface area (Å²) < 4.78 is 0. The van der Waals surface area contributed by atoms with Crippen molar-refractivity contribution in [3.05, 3.63) is 21.9 Å². The van der Waals surface area contributed by atoms with Crippen molar-refractivity contribution in [2.45, 2.75) is 47.0 Å². The lowest BCUT2D eigenvalue weighted by Crippen LogP contribution is -1.77. The lowest BCUT2D eigenvalue weighted by molar-refractivity contribution is 0.890. The summed E-state index contributed by atoms with van der Waals surface area (Å²) >= 11 is 1.94. The molecule has 1 rings (SSSR count). The minimum absolute atomic E-state index is 0.699. The van der Waals surface area contributed by atoms with Gasteiger partial charge in [0.2, 0.25) is 0 Å². The van der Waals surface area contributed by atoms with Crippen LogP contribution in [-0.4, -0.2) is 0 Å². The van der Waals surface area contributed by atoms with Gasteiger partial charge in [0.1, 0.15) is 0 Å². The van der Waals surface area contributed by atoms with Gasteiger partial charge in [-0.1, -0.05) is 34.6 Å². The first-order valence-corrected chi connectivity index (χ1v) is 5.64. The summed E-state index contributed by atoms with van der Waals surface area (Å²) in [5.74, 6) is 0.699. The summed E-state index contributed by atoms with van der Waals surface area (Å²) in [6.45, 7) is 10.7. The molecule has 0 N–H and O–H groups in total. The van der Waals surface area contributed by atoms with Crippen LogP contribution in [0.3, 0.4) is 0 Å². The molecule has 1 heteroatoms. The van der Waals surface area contributed by atoms with Crippen LogP contribution in [0.15, 0.2) is 12.1 Å². The fourth-order valence-corrected chi connectivity index (χ4v) is 1.85. The van der Waals surface area contributed by atoms with Gasteiger partial charge in [0.05, 0.1) is 0 Å². The van der Waals surface area contributed by atoms with E-state index < -0.39 is 0 Å². The summed E-state index contributed by atoms with van der Waals surface area (Å²) in [4.78, 5) is 3.01. The maximum atomic E-state index is 2.24. The number of hydrogen-bond acceptors (Lipinski definition) is 1. The lowest BCUT2D eigenvalue weighted by atomic mass is 10.2.